The van der Waals surface area contributed by atoms with Gasteiger partial charge >= 0.3 is 5.97 Å². The topological polar surface area (TPSA) is 42.4 Å². The zero-order valence-corrected chi connectivity index (χ0v) is 15.2. The molecule has 1 aliphatic rings. The Balaban J connectivity index is 1.66. The Kier molecular flexibility index (Phi) is 4.17. The molecule has 0 radical (unpaired) electrons. The molecule has 25 heavy (non-hydrogen) atoms. The number of thiazole rings is 1. The number of benzene rings is 2. The van der Waals surface area contributed by atoms with Crippen molar-refractivity contribution in [2.45, 2.75) is 26.2 Å². The van der Waals surface area contributed by atoms with Crippen molar-refractivity contribution >= 4 is 33.2 Å². The number of hydrogen-bond donors (Lipinski definition) is 0. The second-order valence-corrected chi connectivity index (χ2v) is 7.22. The van der Waals surface area contributed by atoms with Crippen LogP contribution in [0.15, 0.2) is 42.5 Å². The number of rotatable bonds is 4. The van der Waals surface area contributed by atoms with Crippen LogP contribution in [0.2, 0.25) is 0 Å². The van der Waals surface area contributed by atoms with Gasteiger partial charge in [-0.1, -0.05) is 18.2 Å². The van der Waals surface area contributed by atoms with E-state index >= 15 is 0 Å². The normalized spacial score (nSPS) is 16.6. The summed E-state index contributed by atoms with van der Waals surface area (Å²) in [5, 5.41) is 0.838. The number of para-hydroxylation sites is 1. The van der Waals surface area contributed by atoms with Gasteiger partial charge in [-0.2, -0.15) is 0 Å². The van der Waals surface area contributed by atoms with Gasteiger partial charge in [-0.05, 0) is 44.0 Å². The third kappa shape index (κ3) is 2.89. The van der Waals surface area contributed by atoms with Crippen molar-refractivity contribution in [1.82, 2.24) is 4.98 Å². The molecule has 0 amide bonds. The summed E-state index contributed by atoms with van der Waals surface area (Å²) in [5.74, 6) is 0.166. The van der Waals surface area contributed by atoms with Gasteiger partial charge in [0.1, 0.15) is 16.7 Å². The molecule has 0 N–H and O–H groups in total. The first-order valence-electron chi connectivity index (χ1n) is 8.64. The lowest BCUT2D eigenvalue weighted by Crippen LogP contribution is -2.27. The number of fused-ring (bicyclic) bond motifs is 2. The van der Waals surface area contributed by atoms with Crippen LogP contribution >= 0.6 is 11.3 Å². The Hall–Kier alpha value is -2.40. The Bertz CT molecular complexity index is 897. The van der Waals surface area contributed by atoms with Crippen LogP contribution < -0.4 is 9.64 Å². The SMILES string of the molecule is CCN(CC)c1ccc2c(c1)OC(=O)[C@H](c1nc3ccccc3s1)C2. The maximum atomic E-state index is 12.6. The van der Waals surface area contributed by atoms with Crippen molar-refractivity contribution in [3.63, 3.8) is 0 Å². The van der Waals surface area contributed by atoms with E-state index in [4.69, 9.17) is 4.74 Å². The molecule has 0 saturated heterocycles. The molecule has 0 unspecified atom stereocenters. The van der Waals surface area contributed by atoms with Crippen LogP contribution in [0.1, 0.15) is 30.3 Å². The van der Waals surface area contributed by atoms with Crippen molar-refractivity contribution < 1.29 is 9.53 Å². The highest BCUT2D eigenvalue weighted by Crippen LogP contribution is 2.38. The summed E-state index contributed by atoms with van der Waals surface area (Å²) in [7, 11) is 0. The number of esters is 1. The second-order valence-electron chi connectivity index (χ2n) is 6.16. The van der Waals surface area contributed by atoms with Crippen molar-refractivity contribution in [2.24, 2.45) is 0 Å². The molecular weight excluding hydrogens is 332 g/mol. The predicted octanol–water partition coefficient (Wildman–Crippen LogP) is 4.39. The number of nitrogens with zero attached hydrogens (tertiary/aromatic N) is 2. The van der Waals surface area contributed by atoms with E-state index in [9.17, 15) is 4.79 Å². The van der Waals surface area contributed by atoms with Crippen LogP contribution in [0.4, 0.5) is 5.69 Å². The van der Waals surface area contributed by atoms with Crippen molar-refractivity contribution in [1.29, 1.82) is 0 Å². The van der Waals surface area contributed by atoms with Gasteiger partial charge in [0.25, 0.3) is 0 Å². The number of hydrogen-bond acceptors (Lipinski definition) is 5. The zero-order chi connectivity index (χ0) is 17.4. The maximum absolute atomic E-state index is 12.6. The van der Waals surface area contributed by atoms with Crippen LogP contribution in [0.3, 0.4) is 0 Å². The minimum absolute atomic E-state index is 0.205. The average molecular weight is 352 g/mol. The van der Waals surface area contributed by atoms with Gasteiger partial charge in [-0.3, -0.25) is 4.79 Å². The van der Waals surface area contributed by atoms with E-state index in [2.05, 4.69) is 35.9 Å². The highest BCUT2D eigenvalue weighted by atomic mass is 32.1. The van der Waals surface area contributed by atoms with Crippen LogP contribution in [-0.4, -0.2) is 24.0 Å². The van der Waals surface area contributed by atoms with Crippen LogP contribution in [0, 0.1) is 0 Å². The fourth-order valence-corrected chi connectivity index (χ4v) is 4.36. The first-order valence-corrected chi connectivity index (χ1v) is 9.46. The summed E-state index contributed by atoms with van der Waals surface area (Å²) in [4.78, 5) is 19.5. The molecule has 1 aliphatic heterocycles. The summed E-state index contributed by atoms with van der Waals surface area (Å²) >= 11 is 1.58. The first kappa shape index (κ1) is 16.1. The quantitative estimate of drug-likeness (QED) is 0.516. The molecule has 0 bridgehead atoms. The summed E-state index contributed by atoms with van der Waals surface area (Å²) in [6.07, 6.45) is 0.645. The molecule has 4 rings (SSSR count). The van der Waals surface area contributed by atoms with E-state index in [0.717, 1.165) is 39.6 Å². The molecule has 128 valence electrons. The molecule has 0 saturated carbocycles. The van der Waals surface area contributed by atoms with Crippen molar-refractivity contribution in [3.8, 4) is 5.75 Å². The molecule has 0 fully saturated rings. The molecule has 4 nitrogen and oxygen atoms in total. The molecular formula is C20H20N2O2S. The third-order valence-electron chi connectivity index (χ3n) is 4.71. The van der Waals surface area contributed by atoms with Crippen molar-refractivity contribution in [3.05, 3.63) is 53.0 Å². The molecule has 5 heteroatoms. The Morgan fingerprint density at radius 3 is 2.76 bits per heavy atom. The van der Waals surface area contributed by atoms with Crippen LogP contribution in [0.25, 0.3) is 10.2 Å². The standard InChI is InChI=1S/C20H20N2O2S/c1-3-22(4-2)14-10-9-13-11-15(20(23)24-17(13)12-14)19-21-16-7-5-6-8-18(16)25-19/h5-10,12,15H,3-4,11H2,1-2H3/t15-/m0/s1. The lowest BCUT2D eigenvalue weighted by molar-refractivity contribution is -0.137. The molecule has 2 aromatic carbocycles. The number of carbonyl (C=O) groups is 1. The maximum Gasteiger partial charge on any atom is 0.321 e. The lowest BCUT2D eigenvalue weighted by Gasteiger charge is -2.26. The highest BCUT2D eigenvalue weighted by Gasteiger charge is 2.32. The van der Waals surface area contributed by atoms with E-state index in [1.165, 1.54) is 0 Å². The van der Waals surface area contributed by atoms with Crippen LogP contribution in [-0.2, 0) is 11.2 Å². The number of anilines is 1. The molecule has 3 aromatic rings. The molecule has 1 atom stereocenters. The van der Waals surface area contributed by atoms with E-state index in [1.807, 2.05) is 30.3 Å². The minimum atomic E-state index is -0.316. The van der Waals surface area contributed by atoms with Gasteiger partial charge in [0.2, 0.25) is 0 Å². The fraction of sp³-hybridized carbons (Fsp3) is 0.300. The van der Waals surface area contributed by atoms with E-state index in [0.29, 0.717) is 12.2 Å². The van der Waals surface area contributed by atoms with Gasteiger partial charge in [0.05, 0.1) is 10.2 Å². The molecule has 2 heterocycles. The summed E-state index contributed by atoms with van der Waals surface area (Å²) in [6, 6.07) is 14.1. The summed E-state index contributed by atoms with van der Waals surface area (Å²) < 4.78 is 6.78. The number of ether oxygens (including phenoxy) is 1. The van der Waals surface area contributed by atoms with Gasteiger partial charge in [-0.25, -0.2) is 4.98 Å². The minimum Gasteiger partial charge on any atom is -0.426 e. The number of carbonyl (C=O) groups excluding carboxylic acids is 1. The first-order chi connectivity index (χ1) is 12.2. The van der Waals surface area contributed by atoms with E-state index < -0.39 is 0 Å². The van der Waals surface area contributed by atoms with Gasteiger partial charge in [0, 0.05) is 24.8 Å². The van der Waals surface area contributed by atoms with Gasteiger partial charge in [-0.15, -0.1) is 11.3 Å². The third-order valence-corrected chi connectivity index (χ3v) is 5.86. The zero-order valence-electron chi connectivity index (χ0n) is 14.4. The fourth-order valence-electron chi connectivity index (χ4n) is 3.30. The highest BCUT2D eigenvalue weighted by molar-refractivity contribution is 7.18. The molecule has 0 spiro atoms. The predicted molar refractivity (Wildman–Crippen MR) is 102 cm³/mol. The number of aromatic nitrogens is 1. The average Bonchev–Trinajstić information content (AvgIpc) is 3.06. The Labute approximate surface area is 151 Å². The van der Waals surface area contributed by atoms with E-state index in [1.54, 1.807) is 11.3 Å². The summed E-state index contributed by atoms with van der Waals surface area (Å²) in [6.45, 7) is 6.10. The Morgan fingerprint density at radius 1 is 1.20 bits per heavy atom. The second kappa shape index (κ2) is 6.48. The molecule has 0 aliphatic carbocycles. The lowest BCUT2D eigenvalue weighted by atomic mass is 9.96. The smallest absolute Gasteiger partial charge is 0.321 e. The van der Waals surface area contributed by atoms with E-state index in [-0.39, 0.29) is 11.9 Å². The summed E-state index contributed by atoms with van der Waals surface area (Å²) in [5.41, 5.74) is 3.10. The monoisotopic (exact) mass is 352 g/mol. The van der Waals surface area contributed by atoms with Gasteiger partial charge in [0.15, 0.2) is 0 Å². The largest absolute Gasteiger partial charge is 0.426 e. The van der Waals surface area contributed by atoms with Gasteiger partial charge < -0.3 is 9.64 Å². The van der Waals surface area contributed by atoms with Crippen molar-refractivity contribution in [2.75, 3.05) is 18.0 Å². The Morgan fingerprint density at radius 2 is 2.00 bits per heavy atom. The molecule has 1 aromatic heterocycles. The van der Waals surface area contributed by atoms with Crippen LogP contribution in [0.5, 0.6) is 5.75 Å².